The Bertz CT molecular complexity index is 360. The summed E-state index contributed by atoms with van der Waals surface area (Å²) in [5.74, 6) is -0.613. The molecule has 0 aromatic heterocycles. The molecule has 0 bridgehead atoms. The van der Waals surface area contributed by atoms with Gasteiger partial charge in [-0.2, -0.15) is 0 Å². The molecule has 0 amide bonds. The summed E-state index contributed by atoms with van der Waals surface area (Å²) in [6, 6.07) is 5.20. The van der Waals surface area contributed by atoms with E-state index in [1.165, 1.54) is 0 Å². The summed E-state index contributed by atoms with van der Waals surface area (Å²) in [5, 5.41) is 0. The Balaban J connectivity index is 3.13. The van der Waals surface area contributed by atoms with Gasteiger partial charge in [0.1, 0.15) is 0 Å². The summed E-state index contributed by atoms with van der Waals surface area (Å²) in [5.41, 5.74) is 1.27. The van der Waals surface area contributed by atoms with Crippen LogP contribution in [0.5, 0.6) is 0 Å². The summed E-state index contributed by atoms with van der Waals surface area (Å²) in [4.78, 5) is 21.3. The smallest absolute Gasteiger partial charge is 0.345 e. The van der Waals surface area contributed by atoms with Crippen LogP contribution >= 0.6 is 15.9 Å². The van der Waals surface area contributed by atoms with Crippen LogP contribution in [0.4, 0.5) is 0 Å². The second kappa shape index (κ2) is 4.91. The Morgan fingerprint density at radius 1 is 1.57 bits per heavy atom. The number of carbonyl (C=O) groups excluding carboxylic acids is 2. The summed E-state index contributed by atoms with van der Waals surface area (Å²) in [7, 11) is 0. The highest BCUT2D eigenvalue weighted by atomic mass is 79.9. The normalized spacial score (nSPS) is 9.57. The van der Waals surface area contributed by atoms with E-state index in [-0.39, 0.29) is 6.47 Å². The number of hydrogen-bond acceptors (Lipinski definition) is 3. The van der Waals surface area contributed by atoms with Crippen molar-refractivity contribution in [3.63, 3.8) is 0 Å². The fraction of sp³-hybridized carbons (Fsp3) is 0.200. The maximum absolute atomic E-state index is 11.3. The number of ether oxygens (including phenoxy) is 1. The van der Waals surface area contributed by atoms with E-state index in [4.69, 9.17) is 0 Å². The van der Waals surface area contributed by atoms with Crippen molar-refractivity contribution in [2.45, 2.75) is 13.3 Å². The minimum atomic E-state index is -0.613. The zero-order valence-electron chi connectivity index (χ0n) is 7.62. The lowest BCUT2D eigenvalue weighted by Gasteiger charge is -2.06. The average Bonchev–Trinajstić information content (AvgIpc) is 2.17. The Labute approximate surface area is 90.2 Å². The number of halogens is 1. The van der Waals surface area contributed by atoms with Gasteiger partial charge in [0, 0.05) is 4.47 Å². The van der Waals surface area contributed by atoms with Gasteiger partial charge in [-0.05, 0) is 24.1 Å². The van der Waals surface area contributed by atoms with Gasteiger partial charge in [0.2, 0.25) is 0 Å². The molecule has 0 aliphatic heterocycles. The minimum Gasteiger partial charge on any atom is -0.392 e. The number of carbonyl (C=O) groups is 2. The van der Waals surface area contributed by atoms with Crippen LogP contribution in [-0.4, -0.2) is 12.4 Å². The van der Waals surface area contributed by atoms with Crippen LogP contribution in [0.3, 0.4) is 0 Å². The fourth-order valence-electron chi connectivity index (χ4n) is 1.22. The highest BCUT2D eigenvalue weighted by Crippen LogP contribution is 2.21. The van der Waals surface area contributed by atoms with Gasteiger partial charge >= 0.3 is 12.4 Å². The molecule has 1 aromatic carbocycles. The van der Waals surface area contributed by atoms with Crippen LogP contribution in [0.25, 0.3) is 0 Å². The van der Waals surface area contributed by atoms with E-state index in [1.54, 1.807) is 12.1 Å². The molecule has 0 aliphatic rings. The highest BCUT2D eigenvalue weighted by molar-refractivity contribution is 9.10. The van der Waals surface area contributed by atoms with Gasteiger partial charge in [-0.3, -0.25) is 4.79 Å². The molecule has 3 nitrogen and oxygen atoms in total. The second-order valence-electron chi connectivity index (χ2n) is 2.62. The molecule has 0 atom stereocenters. The maximum Gasteiger partial charge on any atom is 0.345 e. The van der Waals surface area contributed by atoms with Gasteiger partial charge in [0.25, 0.3) is 0 Å². The Kier molecular flexibility index (Phi) is 3.83. The molecule has 74 valence electrons. The predicted octanol–water partition coefficient (Wildman–Crippen LogP) is 2.32. The largest absolute Gasteiger partial charge is 0.392 e. The standard InChI is InChI=1S/C10H9BrO3/c1-2-7-8(10(13)14-6-12)4-3-5-9(7)11/h3-6H,2H2,1H3. The van der Waals surface area contributed by atoms with Crippen molar-refractivity contribution in [1.82, 2.24) is 0 Å². The van der Waals surface area contributed by atoms with Crippen LogP contribution in [0.15, 0.2) is 22.7 Å². The summed E-state index contributed by atoms with van der Waals surface area (Å²) < 4.78 is 5.13. The number of rotatable bonds is 3. The number of esters is 1. The molecule has 0 saturated carbocycles. The molecule has 0 heterocycles. The lowest BCUT2D eigenvalue weighted by atomic mass is 10.1. The molecule has 0 aliphatic carbocycles. The molecule has 0 fully saturated rings. The molecule has 0 radical (unpaired) electrons. The topological polar surface area (TPSA) is 43.4 Å². The zero-order chi connectivity index (χ0) is 10.6. The van der Waals surface area contributed by atoms with Crippen LogP contribution in [0.2, 0.25) is 0 Å². The molecule has 0 unspecified atom stereocenters. The quantitative estimate of drug-likeness (QED) is 0.474. The molecule has 1 aromatic rings. The predicted molar refractivity (Wildman–Crippen MR) is 55.0 cm³/mol. The number of benzene rings is 1. The first-order chi connectivity index (χ1) is 6.70. The molecule has 0 saturated heterocycles. The van der Waals surface area contributed by atoms with Gasteiger partial charge in [0.15, 0.2) is 0 Å². The van der Waals surface area contributed by atoms with Gasteiger partial charge in [-0.25, -0.2) is 4.79 Å². The summed E-state index contributed by atoms with van der Waals surface area (Å²) >= 11 is 3.33. The van der Waals surface area contributed by atoms with Crippen LogP contribution in [0, 0.1) is 0 Å². The van der Waals surface area contributed by atoms with E-state index >= 15 is 0 Å². The van der Waals surface area contributed by atoms with E-state index in [1.807, 2.05) is 13.0 Å². The van der Waals surface area contributed by atoms with E-state index in [2.05, 4.69) is 20.7 Å². The molecular formula is C10H9BrO3. The molecule has 4 heteroatoms. The van der Waals surface area contributed by atoms with E-state index in [0.29, 0.717) is 12.0 Å². The van der Waals surface area contributed by atoms with Gasteiger partial charge < -0.3 is 4.74 Å². The zero-order valence-corrected chi connectivity index (χ0v) is 9.21. The van der Waals surface area contributed by atoms with Crippen molar-refractivity contribution in [2.75, 3.05) is 0 Å². The lowest BCUT2D eigenvalue weighted by Crippen LogP contribution is -2.07. The van der Waals surface area contributed by atoms with E-state index < -0.39 is 5.97 Å². The first-order valence-corrected chi connectivity index (χ1v) is 4.92. The molecule has 0 spiro atoms. The van der Waals surface area contributed by atoms with E-state index in [0.717, 1.165) is 10.0 Å². The van der Waals surface area contributed by atoms with Crippen molar-refractivity contribution in [1.29, 1.82) is 0 Å². The molecular weight excluding hydrogens is 248 g/mol. The van der Waals surface area contributed by atoms with Crippen molar-refractivity contribution in [3.8, 4) is 0 Å². The van der Waals surface area contributed by atoms with Gasteiger partial charge in [-0.15, -0.1) is 0 Å². The van der Waals surface area contributed by atoms with Crippen LogP contribution < -0.4 is 0 Å². The minimum absolute atomic E-state index is 0.142. The summed E-state index contributed by atoms with van der Waals surface area (Å²) in [6.45, 7) is 2.07. The van der Waals surface area contributed by atoms with E-state index in [9.17, 15) is 9.59 Å². The van der Waals surface area contributed by atoms with Crippen molar-refractivity contribution in [2.24, 2.45) is 0 Å². The van der Waals surface area contributed by atoms with Gasteiger partial charge in [-0.1, -0.05) is 28.9 Å². The monoisotopic (exact) mass is 256 g/mol. The first kappa shape index (κ1) is 10.9. The third-order valence-electron chi connectivity index (χ3n) is 1.85. The van der Waals surface area contributed by atoms with Crippen LogP contribution in [-0.2, 0) is 16.0 Å². The third-order valence-corrected chi connectivity index (χ3v) is 2.59. The van der Waals surface area contributed by atoms with Crippen molar-refractivity contribution in [3.05, 3.63) is 33.8 Å². The molecule has 1 rings (SSSR count). The van der Waals surface area contributed by atoms with Crippen LogP contribution in [0.1, 0.15) is 22.8 Å². The Hall–Kier alpha value is -1.16. The SMILES string of the molecule is CCc1c(Br)cccc1C(=O)OC=O. The summed E-state index contributed by atoms with van der Waals surface area (Å²) in [6.07, 6.45) is 0.699. The fourth-order valence-corrected chi connectivity index (χ4v) is 1.86. The molecule has 14 heavy (non-hydrogen) atoms. The maximum atomic E-state index is 11.3. The number of hydrogen-bond donors (Lipinski definition) is 0. The Morgan fingerprint density at radius 3 is 2.86 bits per heavy atom. The van der Waals surface area contributed by atoms with Crippen molar-refractivity contribution >= 4 is 28.4 Å². The third kappa shape index (κ3) is 2.20. The lowest BCUT2D eigenvalue weighted by molar-refractivity contribution is -0.123. The second-order valence-corrected chi connectivity index (χ2v) is 3.48. The van der Waals surface area contributed by atoms with Gasteiger partial charge in [0.05, 0.1) is 5.56 Å². The van der Waals surface area contributed by atoms with Crippen molar-refractivity contribution < 1.29 is 14.3 Å². The average molecular weight is 257 g/mol. The highest BCUT2D eigenvalue weighted by Gasteiger charge is 2.13. The molecule has 0 N–H and O–H groups in total. The first-order valence-electron chi connectivity index (χ1n) is 4.12. The Morgan fingerprint density at radius 2 is 2.29 bits per heavy atom.